The smallest absolute Gasteiger partial charge is 0.360 e. The van der Waals surface area contributed by atoms with Crippen LogP contribution in [-0.2, 0) is 0 Å². The van der Waals surface area contributed by atoms with E-state index in [1.54, 1.807) is 6.92 Å². The highest BCUT2D eigenvalue weighted by molar-refractivity contribution is 5.84. The van der Waals surface area contributed by atoms with E-state index >= 15 is 0 Å². The summed E-state index contributed by atoms with van der Waals surface area (Å²) in [5.41, 5.74) is -0.267. The first-order valence-electron chi connectivity index (χ1n) is 5.09. The number of carboxylic acid groups (broad SMARTS) is 1. The third kappa shape index (κ3) is 2.13. The number of aromatic carboxylic acids is 1. The van der Waals surface area contributed by atoms with E-state index in [4.69, 9.17) is 5.11 Å². The molecule has 0 aliphatic heterocycles. The van der Waals surface area contributed by atoms with Gasteiger partial charge in [0.05, 0.1) is 5.69 Å². The lowest BCUT2D eigenvalue weighted by molar-refractivity contribution is 0.0686. The highest BCUT2D eigenvalue weighted by Crippen LogP contribution is 2.09. The predicted octanol–water partition coefficient (Wildman–Crippen LogP) is 1.38. The van der Waals surface area contributed by atoms with Crippen LogP contribution in [0.25, 0.3) is 5.69 Å². The van der Waals surface area contributed by atoms with Gasteiger partial charge in [0.15, 0.2) is 0 Å². The normalized spacial score (nSPS) is 10.3. The molecule has 2 rings (SSSR count). The van der Waals surface area contributed by atoms with Crippen LogP contribution in [0.1, 0.15) is 16.2 Å². The van der Waals surface area contributed by atoms with Crippen molar-refractivity contribution in [3.63, 3.8) is 0 Å². The van der Waals surface area contributed by atoms with Crippen molar-refractivity contribution in [3.8, 4) is 5.69 Å². The second kappa shape index (κ2) is 4.40. The molecular weight excluding hydrogens is 239 g/mol. The van der Waals surface area contributed by atoms with E-state index in [1.165, 1.54) is 35.0 Å². The Morgan fingerprint density at radius 2 is 1.94 bits per heavy atom. The minimum Gasteiger partial charge on any atom is -0.476 e. The van der Waals surface area contributed by atoms with Gasteiger partial charge >= 0.3 is 5.97 Å². The van der Waals surface area contributed by atoms with Gasteiger partial charge in [0.25, 0.3) is 0 Å². The summed E-state index contributed by atoms with van der Waals surface area (Å²) in [6.45, 7) is 1.61. The predicted molar refractivity (Wildman–Crippen MR) is 61.5 cm³/mol. The van der Waals surface area contributed by atoms with Crippen molar-refractivity contribution in [2.75, 3.05) is 0 Å². The summed E-state index contributed by atoms with van der Waals surface area (Å²) in [6, 6.07) is 6.54. The molecule has 0 fully saturated rings. The minimum absolute atomic E-state index is 0.407. The maximum absolute atomic E-state index is 12.8. The Kier molecular flexibility index (Phi) is 2.93. The Hall–Kier alpha value is -2.50. The molecule has 18 heavy (non-hydrogen) atoms. The molecule has 0 aliphatic carbocycles. The van der Waals surface area contributed by atoms with Crippen LogP contribution in [0.4, 0.5) is 4.39 Å². The number of aromatic nitrogens is 2. The van der Waals surface area contributed by atoms with Gasteiger partial charge in [-0.2, -0.15) is 5.10 Å². The lowest BCUT2D eigenvalue weighted by Gasteiger charge is -2.09. The van der Waals surface area contributed by atoms with Gasteiger partial charge in [0, 0.05) is 11.8 Å². The van der Waals surface area contributed by atoms with Crippen molar-refractivity contribution in [1.29, 1.82) is 0 Å². The summed E-state index contributed by atoms with van der Waals surface area (Å²) < 4.78 is 14.1. The highest BCUT2D eigenvalue weighted by atomic mass is 19.1. The molecule has 1 heterocycles. The highest BCUT2D eigenvalue weighted by Gasteiger charge is 2.13. The second-order valence-electron chi connectivity index (χ2n) is 3.69. The SMILES string of the molecule is Cc1cc(=O)c(C(=O)O)nn1-c1ccc(F)cc1. The van der Waals surface area contributed by atoms with Crippen molar-refractivity contribution in [3.05, 3.63) is 57.8 Å². The molecule has 1 N–H and O–H groups in total. The third-order valence-electron chi connectivity index (χ3n) is 2.38. The number of rotatable bonds is 2. The molecule has 2 aromatic rings. The van der Waals surface area contributed by atoms with Crippen molar-refractivity contribution in [2.24, 2.45) is 0 Å². The van der Waals surface area contributed by atoms with Gasteiger partial charge in [0.1, 0.15) is 5.82 Å². The number of halogens is 1. The van der Waals surface area contributed by atoms with E-state index in [9.17, 15) is 14.0 Å². The van der Waals surface area contributed by atoms with E-state index in [2.05, 4.69) is 5.10 Å². The van der Waals surface area contributed by atoms with Gasteiger partial charge in [-0.25, -0.2) is 13.9 Å². The first-order chi connectivity index (χ1) is 8.49. The Labute approximate surface area is 101 Å². The molecule has 1 aromatic heterocycles. The molecular formula is C12H9FN2O3. The lowest BCUT2D eigenvalue weighted by Crippen LogP contribution is -2.22. The zero-order valence-corrected chi connectivity index (χ0v) is 9.42. The monoisotopic (exact) mass is 248 g/mol. The van der Waals surface area contributed by atoms with E-state index in [1.807, 2.05) is 0 Å². The van der Waals surface area contributed by atoms with Crippen molar-refractivity contribution in [2.45, 2.75) is 6.92 Å². The summed E-state index contributed by atoms with van der Waals surface area (Å²) in [5.74, 6) is -1.80. The Morgan fingerprint density at radius 3 is 2.50 bits per heavy atom. The van der Waals surface area contributed by atoms with Crippen LogP contribution < -0.4 is 5.43 Å². The van der Waals surface area contributed by atoms with Crippen LogP contribution in [0.5, 0.6) is 0 Å². The molecule has 92 valence electrons. The largest absolute Gasteiger partial charge is 0.476 e. The first-order valence-corrected chi connectivity index (χ1v) is 5.09. The quantitative estimate of drug-likeness (QED) is 0.871. The summed E-state index contributed by atoms with van der Waals surface area (Å²) >= 11 is 0. The minimum atomic E-state index is -1.39. The number of hydrogen-bond donors (Lipinski definition) is 1. The van der Waals surface area contributed by atoms with Crippen LogP contribution >= 0.6 is 0 Å². The molecule has 0 bridgehead atoms. The maximum atomic E-state index is 12.8. The van der Waals surface area contributed by atoms with Gasteiger partial charge in [-0.3, -0.25) is 4.79 Å². The molecule has 0 unspecified atom stereocenters. The van der Waals surface area contributed by atoms with Crippen LogP contribution in [-0.4, -0.2) is 20.9 Å². The molecule has 0 saturated carbocycles. The number of nitrogens with zero attached hydrogens (tertiary/aromatic N) is 2. The molecule has 0 radical (unpaired) electrons. The fourth-order valence-corrected chi connectivity index (χ4v) is 1.54. The van der Waals surface area contributed by atoms with Crippen LogP contribution in [0.2, 0.25) is 0 Å². The first kappa shape index (κ1) is 12.0. The Morgan fingerprint density at radius 1 is 1.33 bits per heavy atom. The Bertz CT molecular complexity index is 662. The molecule has 0 saturated heterocycles. The van der Waals surface area contributed by atoms with Gasteiger partial charge in [0.2, 0.25) is 11.1 Å². The fraction of sp³-hybridized carbons (Fsp3) is 0.0833. The van der Waals surface area contributed by atoms with Crippen molar-refractivity contribution in [1.82, 2.24) is 9.78 Å². The molecule has 0 aliphatic rings. The molecule has 0 spiro atoms. The zero-order chi connectivity index (χ0) is 13.3. The number of carbonyl (C=O) groups is 1. The van der Waals surface area contributed by atoms with Gasteiger partial charge in [-0.15, -0.1) is 0 Å². The summed E-state index contributed by atoms with van der Waals surface area (Å²) in [5, 5.41) is 12.6. The van der Waals surface area contributed by atoms with Gasteiger partial charge in [-0.05, 0) is 31.2 Å². The molecule has 1 aromatic carbocycles. The fourth-order valence-electron chi connectivity index (χ4n) is 1.54. The number of carboxylic acids is 1. The van der Waals surface area contributed by atoms with Gasteiger partial charge < -0.3 is 5.11 Å². The lowest BCUT2D eigenvalue weighted by atomic mass is 10.3. The molecule has 6 heteroatoms. The Balaban J connectivity index is 2.64. The molecule has 5 nitrogen and oxygen atoms in total. The van der Waals surface area contributed by atoms with Crippen molar-refractivity contribution < 1.29 is 14.3 Å². The number of benzene rings is 1. The number of hydrogen-bond acceptors (Lipinski definition) is 3. The zero-order valence-electron chi connectivity index (χ0n) is 9.42. The maximum Gasteiger partial charge on any atom is 0.360 e. The van der Waals surface area contributed by atoms with E-state index in [-0.39, 0.29) is 0 Å². The van der Waals surface area contributed by atoms with E-state index in [0.717, 1.165) is 0 Å². The van der Waals surface area contributed by atoms with Crippen LogP contribution in [0.15, 0.2) is 35.1 Å². The summed E-state index contributed by atoms with van der Waals surface area (Å²) in [7, 11) is 0. The second-order valence-corrected chi connectivity index (χ2v) is 3.69. The molecule has 0 atom stereocenters. The van der Waals surface area contributed by atoms with Gasteiger partial charge in [-0.1, -0.05) is 0 Å². The molecule has 0 amide bonds. The number of aryl methyl sites for hydroxylation is 1. The topological polar surface area (TPSA) is 72.2 Å². The standard InChI is InChI=1S/C12H9FN2O3/c1-7-6-10(16)11(12(17)18)14-15(7)9-4-2-8(13)3-5-9/h2-6H,1H3,(H,17,18). The van der Waals surface area contributed by atoms with E-state index in [0.29, 0.717) is 11.4 Å². The summed E-state index contributed by atoms with van der Waals surface area (Å²) in [6.07, 6.45) is 0. The third-order valence-corrected chi connectivity index (χ3v) is 2.38. The van der Waals surface area contributed by atoms with Crippen LogP contribution in [0, 0.1) is 12.7 Å². The summed E-state index contributed by atoms with van der Waals surface area (Å²) in [4.78, 5) is 22.2. The average molecular weight is 248 g/mol. The van der Waals surface area contributed by atoms with E-state index < -0.39 is 22.9 Å². The average Bonchev–Trinajstić information content (AvgIpc) is 2.30. The van der Waals surface area contributed by atoms with Crippen LogP contribution in [0.3, 0.4) is 0 Å². The van der Waals surface area contributed by atoms with Crippen molar-refractivity contribution >= 4 is 5.97 Å².